The van der Waals surface area contributed by atoms with Crippen LogP contribution in [-0.2, 0) is 28.6 Å². The van der Waals surface area contributed by atoms with E-state index in [2.05, 4.69) is 34.6 Å². The molecule has 0 aliphatic heterocycles. The standard InChI is InChI=1S/C58H112O6/c1-6-8-9-10-11-12-13-14-22-26-29-34-40-45-50-58(61)64-55(52-63-57(60)49-44-39-35-30-31-36-41-46-53(3)4)51-62-56(59)48-43-38-33-28-25-23-20-18-16-15-17-19-21-24-27-32-37-42-47-54(5)7-2/h53-55H,6-52H2,1-5H3/t54?,55-/m0/s1. The SMILES string of the molecule is CCCCCCCCCCCCCCCCC(=O)O[C@@H](COC(=O)CCCCCCCCCCCCCCCCCCCCC(C)CC)COC(=O)CCCCCCCCCC(C)C. The van der Waals surface area contributed by atoms with Crippen LogP contribution in [0.25, 0.3) is 0 Å². The molecule has 64 heavy (non-hydrogen) atoms. The predicted octanol–water partition coefficient (Wildman–Crippen LogP) is 18.9. The van der Waals surface area contributed by atoms with Gasteiger partial charge in [0.1, 0.15) is 13.2 Å². The number of hydrogen-bond acceptors (Lipinski definition) is 6. The van der Waals surface area contributed by atoms with Crippen LogP contribution in [0, 0.1) is 11.8 Å². The molecule has 0 aliphatic rings. The summed E-state index contributed by atoms with van der Waals surface area (Å²) in [4.78, 5) is 38.0. The van der Waals surface area contributed by atoms with E-state index in [1.807, 2.05) is 0 Å². The number of ether oxygens (including phenoxy) is 3. The Balaban J connectivity index is 4.19. The molecule has 2 atom stereocenters. The zero-order valence-corrected chi connectivity index (χ0v) is 43.9. The lowest BCUT2D eigenvalue weighted by molar-refractivity contribution is -0.167. The molecule has 0 heterocycles. The number of carbonyl (C=O) groups excluding carboxylic acids is 3. The molecule has 0 radical (unpaired) electrons. The van der Waals surface area contributed by atoms with Crippen LogP contribution in [0.4, 0.5) is 0 Å². The molecule has 0 saturated carbocycles. The molecule has 6 nitrogen and oxygen atoms in total. The third-order valence-electron chi connectivity index (χ3n) is 13.6. The fourth-order valence-electron chi connectivity index (χ4n) is 8.84. The van der Waals surface area contributed by atoms with Crippen molar-refractivity contribution in [3.63, 3.8) is 0 Å². The Kier molecular flexibility index (Phi) is 49.6. The third kappa shape index (κ3) is 49.8. The Morgan fingerprint density at radius 2 is 0.594 bits per heavy atom. The van der Waals surface area contributed by atoms with Gasteiger partial charge in [-0.25, -0.2) is 0 Å². The van der Waals surface area contributed by atoms with E-state index in [0.717, 1.165) is 69.6 Å². The Hall–Kier alpha value is -1.59. The van der Waals surface area contributed by atoms with E-state index < -0.39 is 6.10 Å². The second-order valence-corrected chi connectivity index (χ2v) is 20.6. The molecule has 1 unspecified atom stereocenters. The molecule has 0 rings (SSSR count). The molecule has 0 saturated heterocycles. The number of rotatable bonds is 52. The highest BCUT2D eigenvalue weighted by atomic mass is 16.6. The highest BCUT2D eigenvalue weighted by Gasteiger charge is 2.19. The molecule has 6 heteroatoms. The minimum atomic E-state index is -0.762. The van der Waals surface area contributed by atoms with Crippen LogP contribution in [0.1, 0.15) is 324 Å². The van der Waals surface area contributed by atoms with Gasteiger partial charge in [-0.15, -0.1) is 0 Å². The topological polar surface area (TPSA) is 78.9 Å². The Morgan fingerprint density at radius 1 is 0.328 bits per heavy atom. The largest absolute Gasteiger partial charge is 0.462 e. The number of unbranched alkanes of at least 4 members (excludes halogenated alkanes) is 36. The van der Waals surface area contributed by atoms with Crippen molar-refractivity contribution in [2.24, 2.45) is 11.8 Å². The van der Waals surface area contributed by atoms with Gasteiger partial charge in [-0.2, -0.15) is 0 Å². The van der Waals surface area contributed by atoms with Crippen LogP contribution >= 0.6 is 0 Å². The summed E-state index contributed by atoms with van der Waals surface area (Å²) in [7, 11) is 0. The lowest BCUT2D eigenvalue weighted by atomic mass is 9.99. The summed E-state index contributed by atoms with van der Waals surface area (Å²) >= 11 is 0. The first kappa shape index (κ1) is 62.4. The van der Waals surface area contributed by atoms with Crippen molar-refractivity contribution in [3.05, 3.63) is 0 Å². The average Bonchev–Trinajstić information content (AvgIpc) is 3.28. The van der Waals surface area contributed by atoms with Crippen molar-refractivity contribution in [1.29, 1.82) is 0 Å². The Labute approximate surface area is 399 Å². The van der Waals surface area contributed by atoms with Crippen molar-refractivity contribution in [3.8, 4) is 0 Å². The lowest BCUT2D eigenvalue weighted by Gasteiger charge is -2.18. The van der Waals surface area contributed by atoms with Crippen LogP contribution in [-0.4, -0.2) is 37.2 Å². The maximum atomic E-state index is 12.8. The van der Waals surface area contributed by atoms with Gasteiger partial charge < -0.3 is 14.2 Å². The maximum Gasteiger partial charge on any atom is 0.306 e. The third-order valence-corrected chi connectivity index (χ3v) is 13.6. The maximum absolute atomic E-state index is 12.8. The molecule has 0 aromatic carbocycles. The number of esters is 3. The highest BCUT2D eigenvalue weighted by molar-refractivity contribution is 5.71. The molecular weight excluding hydrogens is 793 g/mol. The fraction of sp³-hybridized carbons (Fsp3) is 0.948. The van der Waals surface area contributed by atoms with Gasteiger partial charge in [-0.3, -0.25) is 14.4 Å². The molecule has 0 bridgehead atoms. The van der Waals surface area contributed by atoms with Gasteiger partial charge in [0, 0.05) is 19.3 Å². The number of carbonyl (C=O) groups is 3. The summed E-state index contributed by atoms with van der Waals surface area (Å²) in [6, 6.07) is 0. The van der Waals surface area contributed by atoms with Crippen molar-refractivity contribution in [1.82, 2.24) is 0 Å². The van der Waals surface area contributed by atoms with Crippen LogP contribution in [0.15, 0.2) is 0 Å². The molecule has 0 aromatic rings. The van der Waals surface area contributed by atoms with Crippen molar-refractivity contribution in [2.75, 3.05) is 13.2 Å². The van der Waals surface area contributed by atoms with Gasteiger partial charge in [-0.05, 0) is 31.1 Å². The summed E-state index contributed by atoms with van der Waals surface area (Å²) in [6.07, 6.45) is 53.9. The van der Waals surface area contributed by atoms with Gasteiger partial charge in [0.15, 0.2) is 6.10 Å². The normalized spacial score (nSPS) is 12.5. The molecule has 380 valence electrons. The van der Waals surface area contributed by atoms with E-state index in [-0.39, 0.29) is 31.1 Å². The zero-order valence-electron chi connectivity index (χ0n) is 43.9. The van der Waals surface area contributed by atoms with E-state index in [0.29, 0.717) is 19.3 Å². The van der Waals surface area contributed by atoms with Crippen molar-refractivity contribution < 1.29 is 28.6 Å². The quantitative estimate of drug-likeness (QED) is 0.0344. The van der Waals surface area contributed by atoms with Gasteiger partial charge >= 0.3 is 17.9 Å². The van der Waals surface area contributed by atoms with E-state index in [1.165, 1.54) is 212 Å². The second kappa shape index (κ2) is 50.8. The second-order valence-electron chi connectivity index (χ2n) is 20.6. The minimum absolute atomic E-state index is 0.0634. The summed E-state index contributed by atoms with van der Waals surface area (Å²) in [5.41, 5.74) is 0. The van der Waals surface area contributed by atoms with Gasteiger partial charge in [0.05, 0.1) is 0 Å². The first-order chi connectivity index (χ1) is 31.3. The Bertz CT molecular complexity index is 980. The number of hydrogen-bond donors (Lipinski definition) is 0. The summed E-state index contributed by atoms with van der Waals surface area (Å²) in [5.74, 6) is 0.847. The summed E-state index contributed by atoms with van der Waals surface area (Å²) in [5, 5.41) is 0. The molecule has 0 N–H and O–H groups in total. The minimum Gasteiger partial charge on any atom is -0.462 e. The van der Waals surface area contributed by atoms with Gasteiger partial charge in [0.2, 0.25) is 0 Å². The smallest absolute Gasteiger partial charge is 0.306 e. The molecule has 0 fully saturated rings. The highest BCUT2D eigenvalue weighted by Crippen LogP contribution is 2.18. The van der Waals surface area contributed by atoms with Crippen LogP contribution < -0.4 is 0 Å². The van der Waals surface area contributed by atoms with Crippen LogP contribution in [0.2, 0.25) is 0 Å². The van der Waals surface area contributed by atoms with E-state index >= 15 is 0 Å². The molecule has 0 spiro atoms. The first-order valence-electron chi connectivity index (χ1n) is 28.8. The van der Waals surface area contributed by atoms with Crippen LogP contribution in [0.3, 0.4) is 0 Å². The predicted molar refractivity (Wildman–Crippen MR) is 275 cm³/mol. The van der Waals surface area contributed by atoms with Gasteiger partial charge in [0.25, 0.3) is 0 Å². The Morgan fingerprint density at radius 3 is 0.891 bits per heavy atom. The molecule has 0 amide bonds. The van der Waals surface area contributed by atoms with E-state index in [1.54, 1.807) is 0 Å². The molecule has 0 aromatic heterocycles. The first-order valence-corrected chi connectivity index (χ1v) is 28.8. The molecular formula is C58H112O6. The van der Waals surface area contributed by atoms with Crippen LogP contribution in [0.5, 0.6) is 0 Å². The van der Waals surface area contributed by atoms with Gasteiger partial charge in [-0.1, -0.05) is 285 Å². The monoisotopic (exact) mass is 905 g/mol. The lowest BCUT2D eigenvalue weighted by Crippen LogP contribution is -2.30. The van der Waals surface area contributed by atoms with Crippen molar-refractivity contribution >= 4 is 17.9 Å². The average molecular weight is 906 g/mol. The van der Waals surface area contributed by atoms with E-state index in [9.17, 15) is 14.4 Å². The summed E-state index contributed by atoms with van der Waals surface area (Å²) in [6.45, 7) is 11.4. The zero-order chi connectivity index (χ0) is 46.8. The fourth-order valence-corrected chi connectivity index (χ4v) is 8.84. The van der Waals surface area contributed by atoms with E-state index in [4.69, 9.17) is 14.2 Å². The van der Waals surface area contributed by atoms with Crippen molar-refractivity contribution in [2.45, 2.75) is 330 Å². The summed E-state index contributed by atoms with van der Waals surface area (Å²) < 4.78 is 16.8. The molecule has 0 aliphatic carbocycles.